The first-order valence-electron chi connectivity index (χ1n) is 7.42. The Bertz CT molecular complexity index is 233. The van der Waals surface area contributed by atoms with Gasteiger partial charge in [-0.3, -0.25) is 0 Å². The van der Waals surface area contributed by atoms with Crippen molar-refractivity contribution < 1.29 is 4.57 Å². The van der Waals surface area contributed by atoms with Gasteiger partial charge in [0, 0.05) is 11.3 Å². The van der Waals surface area contributed by atoms with Crippen molar-refractivity contribution in [2.24, 2.45) is 0 Å². The normalized spacial score (nSPS) is 27.5. The molecule has 3 heteroatoms. The molecule has 2 atom stereocenters. The van der Waals surface area contributed by atoms with Crippen molar-refractivity contribution in [3.8, 4) is 0 Å². The molecule has 102 valence electrons. The highest BCUT2D eigenvalue weighted by Crippen LogP contribution is 2.69. The van der Waals surface area contributed by atoms with Crippen molar-refractivity contribution in [3.63, 3.8) is 0 Å². The van der Waals surface area contributed by atoms with Crippen molar-refractivity contribution in [1.82, 2.24) is 0 Å². The van der Waals surface area contributed by atoms with Crippen molar-refractivity contribution >= 4 is 17.7 Å². The van der Waals surface area contributed by atoms with E-state index >= 15 is 0 Å². The van der Waals surface area contributed by atoms with Gasteiger partial charge in [0.15, 0.2) is 6.49 Å². The minimum atomic E-state index is -2.37. The molecular formula is C14H28ClOP. The van der Waals surface area contributed by atoms with E-state index in [1.807, 2.05) is 0 Å². The predicted octanol–water partition coefficient (Wildman–Crippen LogP) is 6.19. The van der Waals surface area contributed by atoms with Crippen LogP contribution in [0.25, 0.3) is 0 Å². The van der Waals surface area contributed by atoms with E-state index in [4.69, 9.17) is 11.2 Å². The van der Waals surface area contributed by atoms with E-state index in [0.717, 1.165) is 25.7 Å². The van der Waals surface area contributed by atoms with E-state index in [9.17, 15) is 4.57 Å². The highest BCUT2D eigenvalue weighted by molar-refractivity contribution is 7.90. The summed E-state index contributed by atoms with van der Waals surface area (Å²) in [5.74, 6) is 0. The van der Waals surface area contributed by atoms with Gasteiger partial charge in [-0.05, 0) is 25.7 Å². The zero-order valence-corrected chi connectivity index (χ0v) is 13.1. The third-order valence-corrected chi connectivity index (χ3v) is 8.79. The minimum absolute atomic E-state index is 0.336. The van der Waals surface area contributed by atoms with Crippen LogP contribution < -0.4 is 0 Å². The Morgan fingerprint density at radius 2 is 1.35 bits per heavy atom. The van der Waals surface area contributed by atoms with Gasteiger partial charge in [0.1, 0.15) is 0 Å². The molecular weight excluding hydrogens is 251 g/mol. The molecule has 0 saturated carbocycles. The maximum absolute atomic E-state index is 12.6. The van der Waals surface area contributed by atoms with E-state index < -0.39 is 6.49 Å². The van der Waals surface area contributed by atoms with Crippen LogP contribution in [0.5, 0.6) is 0 Å². The number of halogens is 1. The lowest BCUT2D eigenvalue weighted by Crippen LogP contribution is -2.04. The van der Waals surface area contributed by atoms with Gasteiger partial charge in [-0.2, -0.15) is 0 Å². The second-order valence-electron chi connectivity index (χ2n) is 5.50. The third kappa shape index (κ3) is 4.60. The van der Waals surface area contributed by atoms with E-state index in [-0.39, 0.29) is 0 Å². The van der Waals surface area contributed by atoms with Crippen molar-refractivity contribution in [1.29, 1.82) is 0 Å². The molecule has 1 fully saturated rings. The maximum Gasteiger partial charge on any atom is 0.175 e. The molecule has 0 N–H and O–H groups in total. The largest absolute Gasteiger partial charge is 0.306 e. The molecule has 0 radical (unpaired) electrons. The zero-order valence-electron chi connectivity index (χ0n) is 11.5. The first kappa shape index (κ1) is 15.6. The van der Waals surface area contributed by atoms with Gasteiger partial charge < -0.3 is 4.57 Å². The van der Waals surface area contributed by atoms with Crippen LogP contribution in [0.4, 0.5) is 0 Å². The van der Waals surface area contributed by atoms with Gasteiger partial charge in [-0.1, -0.05) is 63.6 Å². The Morgan fingerprint density at radius 3 is 1.71 bits per heavy atom. The van der Waals surface area contributed by atoms with Crippen LogP contribution in [0.2, 0.25) is 0 Å². The topological polar surface area (TPSA) is 17.1 Å². The van der Waals surface area contributed by atoms with Gasteiger partial charge in [0.25, 0.3) is 0 Å². The molecule has 17 heavy (non-hydrogen) atoms. The summed E-state index contributed by atoms with van der Waals surface area (Å²) in [5.41, 5.74) is 0.671. The summed E-state index contributed by atoms with van der Waals surface area (Å²) < 4.78 is 12.6. The summed E-state index contributed by atoms with van der Waals surface area (Å²) in [6.07, 6.45) is 11.8. The molecule has 0 aromatic heterocycles. The molecule has 1 saturated heterocycles. The highest BCUT2D eigenvalue weighted by atomic mass is 35.7. The molecule has 1 aliphatic heterocycles. The quantitative estimate of drug-likeness (QED) is 0.382. The number of hydrogen-bond donors (Lipinski definition) is 0. The second-order valence-corrected chi connectivity index (χ2v) is 9.79. The van der Waals surface area contributed by atoms with Crippen LogP contribution in [0, 0.1) is 0 Å². The number of rotatable bonds is 8. The Kier molecular flexibility index (Phi) is 7.19. The molecule has 0 spiro atoms. The first-order valence-corrected chi connectivity index (χ1v) is 10.2. The van der Waals surface area contributed by atoms with E-state index in [1.54, 1.807) is 0 Å². The van der Waals surface area contributed by atoms with Crippen LogP contribution in [0.1, 0.15) is 78.1 Å². The van der Waals surface area contributed by atoms with Crippen LogP contribution in [-0.2, 0) is 4.57 Å². The summed E-state index contributed by atoms with van der Waals surface area (Å²) in [6.45, 7) is 2.05. The van der Waals surface area contributed by atoms with E-state index in [1.165, 1.54) is 38.5 Å². The van der Waals surface area contributed by atoms with Gasteiger partial charge >= 0.3 is 0 Å². The molecule has 0 aromatic carbocycles. The first-order chi connectivity index (χ1) is 8.12. The van der Waals surface area contributed by atoms with E-state index in [0.29, 0.717) is 11.3 Å². The van der Waals surface area contributed by atoms with Crippen LogP contribution >= 0.6 is 17.7 Å². The highest BCUT2D eigenvalue weighted by Gasteiger charge is 2.43. The lowest BCUT2D eigenvalue weighted by atomic mass is 10.1. The molecule has 0 aliphatic carbocycles. The van der Waals surface area contributed by atoms with Crippen LogP contribution in [0.3, 0.4) is 0 Å². The average molecular weight is 279 g/mol. The Labute approximate surface area is 112 Å². The Balaban J connectivity index is 2.37. The standard InChI is InChI=1S/C14H28ClOP/c1-3-5-7-9-13-11-12-14(17(13,15)16)10-8-6-4-2/h13-14H,3-12H2,1-2H3/t13-,14-/m1/s1. The molecule has 1 rings (SSSR count). The van der Waals surface area contributed by atoms with Crippen molar-refractivity contribution in [2.75, 3.05) is 0 Å². The predicted molar refractivity (Wildman–Crippen MR) is 78.6 cm³/mol. The summed E-state index contributed by atoms with van der Waals surface area (Å²) in [7, 11) is 0. The summed E-state index contributed by atoms with van der Waals surface area (Å²) in [5, 5.41) is 0. The number of unbranched alkanes of at least 4 members (excludes halogenated alkanes) is 4. The van der Waals surface area contributed by atoms with Crippen LogP contribution in [0.15, 0.2) is 0 Å². The van der Waals surface area contributed by atoms with Gasteiger partial charge in [0.05, 0.1) is 0 Å². The van der Waals surface area contributed by atoms with Gasteiger partial charge in [-0.25, -0.2) is 0 Å². The average Bonchev–Trinajstić information content (AvgIpc) is 2.56. The molecule has 1 aliphatic rings. The summed E-state index contributed by atoms with van der Waals surface area (Å²) in [4.78, 5) is 0. The SMILES string of the molecule is CCCCC[C@@H]1CC[C@@H](CCCCC)P1(=O)Cl. The molecule has 1 heterocycles. The fraction of sp³-hybridized carbons (Fsp3) is 1.00. The lowest BCUT2D eigenvalue weighted by Gasteiger charge is -2.19. The fourth-order valence-corrected chi connectivity index (χ4v) is 6.77. The Morgan fingerprint density at radius 1 is 0.941 bits per heavy atom. The van der Waals surface area contributed by atoms with Crippen molar-refractivity contribution in [3.05, 3.63) is 0 Å². The smallest absolute Gasteiger partial charge is 0.175 e. The monoisotopic (exact) mass is 278 g/mol. The van der Waals surface area contributed by atoms with Crippen LogP contribution in [-0.4, -0.2) is 11.3 Å². The molecule has 0 amide bonds. The lowest BCUT2D eigenvalue weighted by molar-refractivity contribution is 0.560. The molecule has 0 unspecified atom stereocenters. The summed E-state index contributed by atoms with van der Waals surface area (Å²) >= 11 is 6.41. The second kappa shape index (κ2) is 7.85. The van der Waals surface area contributed by atoms with Crippen molar-refractivity contribution in [2.45, 2.75) is 89.4 Å². The number of hydrogen-bond acceptors (Lipinski definition) is 1. The minimum Gasteiger partial charge on any atom is -0.306 e. The van der Waals surface area contributed by atoms with Gasteiger partial charge in [-0.15, -0.1) is 0 Å². The van der Waals surface area contributed by atoms with Gasteiger partial charge in [0.2, 0.25) is 0 Å². The van der Waals surface area contributed by atoms with E-state index in [2.05, 4.69) is 13.8 Å². The maximum atomic E-state index is 12.6. The fourth-order valence-electron chi connectivity index (χ4n) is 2.94. The third-order valence-electron chi connectivity index (χ3n) is 4.11. The molecule has 0 bridgehead atoms. The summed E-state index contributed by atoms with van der Waals surface area (Å²) in [6, 6.07) is 0. The zero-order chi connectivity index (χ0) is 12.7. The Hall–Kier alpha value is 0.520. The molecule has 0 aromatic rings. The molecule has 1 nitrogen and oxygen atoms in total.